The molecule has 0 unspecified atom stereocenters. The third kappa shape index (κ3) is 2.42. The highest BCUT2D eigenvalue weighted by Crippen LogP contribution is 1.99. The summed E-state index contributed by atoms with van der Waals surface area (Å²) in [5, 5.41) is 0. The molecule has 11 heavy (non-hydrogen) atoms. The molecule has 1 aromatic carbocycles. The zero-order valence-electron chi connectivity index (χ0n) is 6.41. The van der Waals surface area contributed by atoms with Gasteiger partial charge in [-0.2, -0.15) is 0 Å². The number of ether oxygens (including phenoxy) is 1. The minimum atomic E-state index is -0.198. The summed E-state index contributed by atoms with van der Waals surface area (Å²) in [5.74, 6) is -0.198. The summed E-state index contributed by atoms with van der Waals surface area (Å²) < 4.78 is 4.52. The van der Waals surface area contributed by atoms with E-state index < -0.39 is 0 Å². The van der Waals surface area contributed by atoms with Gasteiger partial charge in [0.25, 0.3) is 0 Å². The summed E-state index contributed by atoms with van der Waals surface area (Å²) in [5.41, 5.74) is 0.986. The SMILES string of the molecule is CO[13C](=O)Cc1ccccc1. The molecule has 2 nitrogen and oxygen atoms in total. The number of methoxy groups -OCH3 is 1. The third-order valence-corrected chi connectivity index (χ3v) is 1.42. The summed E-state index contributed by atoms with van der Waals surface area (Å²) in [6.07, 6.45) is 0.358. The van der Waals surface area contributed by atoms with Crippen LogP contribution >= 0.6 is 0 Å². The maximum atomic E-state index is 10.8. The number of rotatable bonds is 2. The molecule has 0 radical (unpaired) electrons. The number of esters is 1. The first-order valence-electron chi connectivity index (χ1n) is 3.43. The van der Waals surface area contributed by atoms with Crippen LogP contribution in [0, 0.1) is 0 Å². The van der Waals surface area contributed by atoms with E-state index in [9.17, 15) is 4.79 Å². The van der Waals surface area contributed by atoms with Crippen molar-refractivity contribution in [3.05, 3.63) is 35.9 Å². The molecule has 2 heteroatoms. The highest BCUT2D eigenvalue weighted by molar-refractivity contribution is 5.72. The van der Waals surface area contributed by atoms with Crippen LogP contribution in [0.15, 0.2) is 30.3 Å². The van der Waals surface area contributed by atoms with Gasteiger partial charge in [-0.15, -0.1) is 0 Å². The molecular weight excluding hydrogens is 141 g/mol. The van der Waals surface area contributed by atoms with Crippen molar-refractivity contribution < 1.29 is 9.53 Å². The van der Waals surface area contributed by atoms with Crippen molar-refractivity contribution in [2.45, 2.75) is 6.42 Å². The van der Waals surface area contributed by atoms with Crippen LogP contribution in [0.5, 0.6) is 0 Å². The lowest BCUT2D eigenvalue weighted by molar-refractivity contribution is -0.139. The molecule has 1 aromatic rings. The Hall–Kier alpha value is -1.31. The number of carbonyl (C=O) groups excluding carboxylic acids is 1. The Labute approximate surface area is 65.8 Å². The average molecular weight is 151 g/mol. The molecule has 0 spiro atoms. The van der Waals surface area contributed by atoms with Crippen LogP contribution in [0.3, 0.4) is 0 Å². The standard InChI is InChI=1S/C9H10O2/c1-11-9(10)7-8-5-3-2-4-6-8/h2-6H,7H2,1H3/i9+1. The highest BCUT2D eigenvalue weighted by Gasteiger charge is 1.99. The number of carbonyl (C=O) groups is 1. The minimum absolute atomic E-state index is 0.198. The molecule has 0 N–H and O–H groups in total. The fourth-order valence-corrected chi connectivity index (χ4v) is 0.835. The Morgan fingerprint density at radius 3 is 2.55 bits per heavy atom. The molecule has 0 amide bonds. The van der Waals surface area contributed by atoms with Gasteiger partial charge in [0.2, 0.25) is 0 Å². The van der Waals surface area contributed by atoms with Gasteiger partial charge in [-0.1, -0.05) is 30.3 Å². The maximum absolute atomic E-state index is 10.8. The fraction of sp³-hybridized carbons (Fsp3) is 0.222. The van der Waals surface area contributed by atoms with Crippen LogP contribution < -0.4 is 0 Å². The quantitative estimate of drug-likeness (QED) is 0.471. The van der Waals surface area contributed by atoms with E-state index in [4.69, 9.17) is 0 Å². The second kappa shape index (κ2) is 3.76. The normalized spacial score (nSPS) is 9.18. The Bertz CT molecular complexity index is 229. The molecule has 0 bridgehead atoms. The second-order valence-corrected chi connectivity index (χ2v) is 2.24. The van der Waals surface area contributed by atoms with E-state index in [0.29, 0.717) is 6.42 Å². The van der Waals surface area contributed by atoms with Crippen molar-refractivity contribution >= 4 is 5.97 Å². The van der Waals surface area contributed by atoms with E-state index in [1.165, 1.54) is 7.11 Å². The highest BCUT2D eigenvalue weighted by atomic mass is 16.6. The third-order valence-electron chi connectivity index (χ3n) is 1.42. The van der Waals surface area contributed by atoms with E-state index in [2.05, 4.69) is 4.74 Å². The van der Waals surface area contributed by atoms with Crippen LogP contribution in [-0.2, 0) is 16.0 Å². The molecule has 0 heterocycles. The van der Waals surface area contributed by atoms with Crippen LogP contribution in [0.4, 0.5) is 0 Å². The lowest BCUT2D eigenvalue weighted by atomic mass is 10.2. The van der Waals surface area contributed by atoms with Gasteiger partial charge in [-0.3, -0.25) is 4.79 Å². The Morgan fingerprint density at radius 2 is 2.00 bits per heavy atom. The molecule has 0 aromatic heterocycles. The molecule has 0 aliphatic heterocycles. The predicted molar refractivity (Wildman–Crippen MR) is 42.2 cm³/mol. The summed E-state index contributed by atoms with van der Waals surface area (Å²) >= 11 is 0. The smallest absolute Gasteiger partial charge is 0.309 e. The molecule has 0 saturated heterocycles. The molecule has 1 rings (SSSR count). The molecule has 0 fully saturated rings. The summed E-state index contributed by atoms with van der Waals surface area (Å²) in [7, 11) is 1.39. The monoisotopic (exact) mass is 151 g/mol. The number of hydrogen-bond donors (Lipinski definition) is 0. The first-order valence-corrected chi connectivity index (χ1v) is 3.43. The molecule has 0 atom stereocenters. The van der Waals surface area contributed by atoms with E-state index in [1.54, 1.807) is 0 Å². The van der Waals surface area contributed by atoms with Gasteiger partial charge in [-0.05, 0) is 5.56 Å². The zero-order chi connectivity index (χ0) is 8.10. The van der Waals surface area contributed by atoms with Crippen molar-refractivity contribution in [1.82, 2.24) is 0 Å². The van der Waals surface area contributed by atoms with Crippen LogP contribution in [0.2, 0.25) is 0 Å². The van der Waals surface area contributed by atoms with Gasteiger partial charge in [0.05, 0.1) is 13.5 Å². The van der Waals surface area contributed by atoms with E-state index in [0.717, 1.165) is 5.56 Å². The largest absolute Gasteiger partial charge is 0.469 e. The first-order chi connectivity index (χ1) is 5.33. The Balaban J connectivity index is 2.58. The predicted octanol–water partition coefficient (Wildman–Crippen LogP) is 1.40. The van der Waals surface area contributed by atoms with E-state index >= 15 is 0 Å². The van der Waals surface area contributed by atoms with Crippen LogP contribution in [-0.4, -0.2) is 13.1 Å². The van der Waals surface area contributed by atoms with Crippen molar-refractivity contribution in [2.75, 3.05) is 7.11 Å². The topological polar surface area (TPSA) is 26.3 Å². The lowest BCUT2D eigenvalue weighted by Gasteiger charge is -1.97. The molecular formula is C9H10O2. The molecule has 58 valence electrons. The second-order valence-electron chi connectivity index (χ2n) is 2.24. The van der Waals surface area contributed by atoms with E-state index in [1.807, 2.05) is 30.3 Å². The minimum Gasteiger partial charge on any atom is -0.469 e. The van der Waals surface area contributed by atoms with Crippen LogP contribution in [0.25, 0.3) is 0 Å². The van der Waals surface area contributed by atoms with Gasteiger partial charge >= 0.3 is 5.97 Å². The van der Waals surface area contributed by atoms with Gasteiger partial charge in [0, 0.05) is 0 Å². The maximum Gasteiger partial charge on any atom is 0.309 e. The molecule has 0 aliphatic rings. The van der Waals surface area contributed by atoms with Crippen molar-refractivity contribution in [3.8, 4) is 0 Å². The van der Waals surface area contributed by atoms with Crippen molar-refractivity contribution in [2.24, 2.45) is 0 Å². The summed E-state index contributed by atoms with van der Waals surface area (Å²) in [6.45, 7) is 0. The van der Waals surface area contributed by atoms with Crippen molar-refractivity contribution in [3.63, 3.8) is 0 Å². The van der Waals surface area contributed by atoms with Crippen molar-refractivity contribution in [1.29, 1.82) is 0 Å². The number of benzene rings is 1. The van der Waals surface area contributed by atoms with Crippen LogP contribution in [0.1, 0.15) is 5.56 Å². The Morgan fingerprint density at radius 1 is 1.36 bits per heavy atom. The van der Waals surface area contributed by atoms with E-state index in [-0.39, 0.29) is 5.97 Å². The van der Waals surface area contributed by atoms with Gasteiger partial charge in [0.15, 0.2) is 0 Å². The molecule has 0 aliphatic carbocycles. The van der Waals surface area contributed by atoms with Gasteiger partial charge in [0.1, 0.15) is 0 Å². The first kappa shape index (κ1) is 7.79. The Kier molecular flexibility index (Phi) is 2.66. The van der Waals surface area contributed by atoms with Gasteiger partial charge in [-0.25, -0.2) is 0 Å². The molecule has 0 saturated carbocycles. The zero-order valence-corrected chi connectivity index (χ0v) is 6.41. The summed E-state index contributed by atoms with van der Waals surface area (Å²) in [4.78, 5) is 10.8. The van der Waals surface area contributed by atoms with Gasteiger partial charge < -0.3 is 4.74 Å². The summed E-state index contributed by atoms with van der Waals surface area (Å²) in [6, 6.07) is 9.52. The fourth-order valence-electron chi connectivity index (χ4n) is 0.835. The lowest BCUT2D eigenvalue weighted by Crippen LogP contribution is -2.03. The average Bonchev–Trinajstić information content (AvgIpc) is 2.06. The number of hydrogen-bond acceptors (Lipinski definition) is 2.